The number of hydrogen-bond acceptors (Lipinski definition) is 6. The lowest BCUT2D eigenvalue weighted by Crippen LogP contribution is -2.25. The zero-order valence-corrected chi connectivity index (χ0v) is 14.7. The second kappa shape index (κ2) is 7.19. The first-order valence-electron chi connectivity index (χ1n) is 8.96. The quantitative estimate of drug-likeness (QED) is 0.859. The van der Waals surface area contributed by atoms with Gasteiger partial charge in [0.05, 0.1) is 0 Å². The summed E-state index contributed by atoms with van der Waals surface area (Å²) in [5.74, 6) is 1.75. The summed E-state index contributed by atoms with van der Waals surface area (Å²) < 4.78 is 10.7. The molecular weight excluding hydrogens is 332 g/mol. The minimum absolute atomic E-state index is 0.220. The second-order valence-electron chi connectivity index (χ2n) is 6.71. The molecule has 1 amide bonds. The van der Waals surface area contributed by atoms with Crippen LogP contribution >= 0.6 is 0 Å². The number of nitrogens with one attached hydrogen (secondary N) is 2. The fourth-order valence-electron chi connectivity index (χ4n) is 3.33. The van der Waals surface area contributed by atoms with Crippen molar-refractivity contribution in [1.82, 2.24) is 15.3 Å². The molecule has 0 bridgehead atoms. The minimum Gasteiger partial charge on any atom is -0.454 e. The van der Waals surface area contributed by atoms with Crippen LogP contribution in [0.15, 0.2) is 24.3 Å². The first-order chi connectivity index (χ1) is 12.7. The Morgan fingerprint density at radius 1 is 1.15 bits per heavy atom. The maximum absolute atomic E-state index is 12.5. The molecule has 0 saturated heterocycles. The standard InChI is InChI=1S/C19H22N4O3/c1-12-8-15(23-19(21-12)22-14-4-2-3-5-14)18(24)20-10-13-6-7-16-17(9-13)26-11-25-16/h6-9,14H,2-5,10-11H2,1H3,(H,20,24)(H,21,22,23). The van der Waals surface area contributed by atoms with Crippen molar-refractivity contribution in [3.05, 3.63) is 41.2 Å². The minimum atomic E-state index is -0.220. The summed E-state index contributed by atoms with van der Waals surface area (Å²) in [4.78, 5) is 21.3. The van der Waals surface area contributed by atoms with Gasteiger partial charge in [0.1, 0.15) is 5.69 Å². The van der Waals surface area contributed by atoms with Crippen molar-refractivity contribution in [2.45, 2.75) is 45.2 Å². The normalized spacial score (nSPS) is 15.9. The number of amides is 1. The Balaban J connectivity index is 1.41. The van der Waals surface area contributed by atoms with E-state index in [0.717, 1.165) is 29.8 Å². The molecule has 26 heavy (non-hydrogen) atoms. The number of aromatic nitrogens is 2. The van der Waals surface area contributed by atoms with Crippen molar-refractivity contribution >= 4 is 11.9 Å². The fraction of sp³-hybridized carbons (Fsp3) is 0.421. The van der Waals surface area contributed by atoms with Gasteiger partial charge < -0.3 is 20.1 Å². The zero-order valence-electron chi connectivity index (χ0n) is 14.7. The average Bonchev–Trinajstić information content (AvgIpc) is 3.30. The smallest absolute Gasteiger partial charge is 0.270 e. The van der Waals surface area contributed by atoms with Crippen LogP contribution in [0.2, 0.25) is 0 Å². The highest BCUT2D eigenvalue weighted by Gasteiger charge is 2.18. The Bertz CT molecular complexity index is 818. The Morgan fingerprint density at radius 3 is 2.81 bits per heavy atom. The molecule has 2 heterocycles. The molecule has 1 aliphatic heterocycles. The van der Waals surface area contributed by atoms with E-state index in [9.17, 15) is 4.79 Å². The van der Waals surface area contributed by atoms with Gasteiger partial charge in [-0.2, -0.15) is 0 Å². The first-order valence-corrected chi connectivity index (χ1v) is 8.96. The molecule has 2 aliphatic rings. The highest BCUT2D eigenvalue weighted by Crippen LogP contribution is 2.32. The van der Waals surface area contributed by atoms with Gasteiger partial charge in [-0.05, 0) is 43.5 Å². The molecular formula is C19H22N4O3. The van der Waals surface area contributed by atoms with E-state index in [1.54, 1.807) is 6.07 Å². The van der Waals surface area contributed by atoms with Crippen LogP contribution in [0.5, 0.6) is 11.5 Å². The first kappa shape index (κ1) is 16.6. The number of aryl methyl sites for hydroxylation is 1. The van der Waals surface area contributed by atoms with Crippen LogP contribution in [0.4, 0.5) is 5.95 Å². The van der Waals surface area contributed by atoms with E-state index in [4.69, 9.17) is 9.47 Å². The highest BCUT2D eigenvalue weighted by atomic mass is 16.7. The number of anilines is 1. The molecule has 0 spiro atoms. The molecule has 4 rings (SSSR count). The summed E-state index contributed by atoms with van der Waals surface area (Å²) in [6, 6.07) is 7.74. The third-order valence-electron chi connectivity index (χ3n) is 4.67. The van der Waals surface area contributed by atoms with E-state index in [0.29, 0.717) is 30.0 Å². The zero-order chi connectivity index (χ0) is 17.9. The molecule has 1 aliphatic carbocycles. The summed E-state index contributed by atoms with van der Waals surface area (Å²) in [6.07, 6.45) is 4.71. The van der Waals surface area contributed by atoms with Crippen molar-refractivity contribution in [2.75, 3.05) is 12.1 Å². The molecule has 0 atom stereocenters. The third-order valence-corrected chi connectivity index (χ3v) is 4.67. The van der Waals surface area contributed by atoms with Crippen molar-refractivity contribution in [2.24, 2.45) is 0 Å². The van der Waals surface area contributed by atoms with Crippen LogP contribution in [0, 0.1) is 6.92 Å². The number of ether oxygens (including phenoxy) is 2. The van der Waals surface area contributed by atoms with Crippen molar-refractivity contribution in [1.29, 1.82) is 0 Å². The summed E-state index contributed by atoms with van der Waals surface area (Å²) in [6.45, 7) is 2.50. The van der Waals surface area contributed by atoms with E-state index < -0.39 is 0 Å². The third kappa shape index (κ3) is 3.71. The number of benzene rings is 1. The van der Waals surface area contributed by atoms with E-state index >= 15 is 0 Å². The van der Waals surface area contributed by atoms with E-state index in [1.165, 1.54) is 12.8 Å². The van der Waals surface area contributed by atoms with E-state index in [1.807, 2.05) is 25.1 Å². The van der Waals surface area contributed by atoms with Gasteiger partial charge in [0.25, 0.3) is 5.91 Å². The Morgan fingerprint density at radius 2 is 1.96 bits per heavy atom. The van der Waals surface area contributed by atoms with Gasteiger partial charge in [-0.25, -0.2) is 9.97 Å². The molecule has 136 valence electrons. The van der Waals surface area contributed by atoms with Crippen LogP contribution in [-0.2, 0) is 6.54 Å². The van der Waals surface area contributed by atoms with Gasteiger partial charge in [-0.3, -0.25) is 4.79 Å². The number of carbonyl (C=O) groups excluding carboxylic acids is 1. The predicted octanol–water partition coefficient (Wildman–Crippen LogP) is 2.80. The van der Waals surface area contributed by atoms with E-state index in [-0.39, 0.29) is 12.7 Å². The molecule has 1 aromatic carbocycles. The van der Waals surface area contributed by atoms with Gasteiger partial charge >= 0.3 is 0 Å². The summed E-state index contributed by atoms with van der Waals surface area (Å²) in [7, 11) is 0. The van der Waals surface area contributed by atoms with Crippen LogP contribution in [-0.4, -0.2) is 28.7 Å². The predicted molar refractivity (Wildman–Crippen MR) is 96.4 cm³/mol. The topological polar surface area (TPSA) is 85.4 Å². The molecule has 2 N–H and O–H groups in total. The van der Waals surface area contributed by atoms with Crippen LogP contribution in [0.1, 0.15) is 47.4 Å². The summed E-state index contributed by atoms with van der Waals surface area (Å²) in [5.41, 5.74) is 2.09. The molecule has 7 heteroatoms. The lowest BCUT2D eigenvalue weighted by atomic mass is 10.2. The Kier molecular flexibility index (Phi) is 4.60. The lowest BCUT2D eigenvalue weighted by Gasteiger charge is -2.13. The number of nitrogens with zero attached hydrogens (tertiary/aromatic N) is 2. The molecule has 7 nitrogen and oxygen atoms in total. The maximum Gasteiger partial charge on any atom is 0.270 e. The number of carbonyl (C=O) groups is 1. The molecule has 1 fully saturated rings. The van der Waals surface area contributed by atoms with Gasteiger partial charge in [0.2, 0.25) is 12.7 Å². The highest BCUT2D eigenvalue weighted by molar-refractivity contribution is 5.92. The monoisotopic (exact) mass is 354 g/mol. The molecule has 1 saturated carbocycles. The van der Waals surface area contributed by atoms with Crippen molar-refractivity contribution < 1.29 is 14.3 Å². The average molecular weight is 354 g/mol. The van der Waals surface area contributed by atoms with Gasteiger partial charge in [0, 0.05) is 18.3 Å². The largest absolute Gasteiger partial charge is 0.454 e. The summed E-state index contributed by atoms with van der Waals surface area (Å²) >= 11 is 0. The van der Waals surface area contributed by atoms with Gasteiger partial charge in [0.15, 0.2) is 11.5 Å². The molecule has 0 radical (unpaired) electrons. The number of hydrogen-bond donors (Lipinski definition) is 2. The fourth-order valence-corrected chi connectivity index (χ4v) is 3.33. The molecule has 2 aromatic rings. The molecule has 0 unspecified atom stereocenters. The maximum atomic E-state index is 12.5. The Labute approximate surface area is 152 Å². The lowest BCUT2D eigenvalue weighted by molar-refractivity contribution is 0.0945. The van der Waals surface area contributed by atoms with E-state index in [2.05, 4.69) is 20.6 Å². The Hall–Kier alpha value is -2.83. The van der Waals surface area contributed by atoms with Crippen molar-refractivity contribution in [3.63, 3.8) is 0 Å². The van der Waals surface area contributed by atoms with Crippen molar-refractivity contribution in [3.8, 4) is 11.5 Å². The second-order valence-corrected chi connectivity index (χ2v) is 6.71. The summed E-state index contributed by atoms with van der Waals surface area (Å²) in [5, 5.41) is 6.25. The van der Waals surface area contributed by atoms with Gasteiger partial charge in [-0.15, -0.1) is 0 Å². The van der Waals surface area contributed by atoms with Crippen LogP contribution < -0.4 is 20.1 Å². The molecule has 1 aromatic heterocycles. The van der Waals surface area contributed by atoms with Crippen LogP contribution in [0.3, 0.4) is 0 Å². The SMILES string of the molecule is Cc1cc(C(=O)NCc2ccc3c(c2)OCO3)nc(NC2CCCC2)n1. The van der Waals surface area contributed by atoms with Crippen LogP contribution in [0.25, 0.3) is 0 Å². The number of fused-ring (bicyclic) bond motifs is 1. The number of rotatable bonds is 5. The van der Waals surface area contributed by atoms with Gasteiger partial charge in [-0.1, -0.05) is 18.9 Å².